The minimum atomic E-state index is 0.142. The molecule has 4 rings (SSSR count). The molecule has 0 unspecified atom stereocenters. The average Bonchev–Trinajstić information content (AvgIpc) is 3.14. The zero-order valence-electron chi connectivity index (χ0n) is 13.3. The fourth-order valence-corrected chi connectivity index (χ4v) is 2.86. The minimum absolute atomic E-state index is 0.142. The van der Waals surface area contributed by atoms with Gasteiger partial charge >= 0.3 is 0 Å². The van der Waals surface area contributed by atoms with Crippen LogP contribution in [0.3, 0.4) is 0 Å². The predicted octanol–water partition coefficient (Wildman–Crippen LogP) is 2.92. The van der Waals surface area contributed by atoms with Gasteiger partial charge in [0.25, 0.3) is 0 Å². The molecule has 120 valence electrons. The Morgan fingerprint density at radius 2 is 2.00 bits per heavy atom. The molecule has 6 heteroatoms. The number of hydrogen-bond acceptors (Lipinski definition) is 4. The van der Waals surface area contributed by atoms with Crippen molar-refractivity contribution in [1.82, 2.24) is 14.8 Å². The Bertz CT molecular complexity index is 871. The topological polar surface area (TPSA) is 63.1 Å². The number of aromatic nitrogens is 3. The molecule has 3 aromatic rings. The summed E-state index contributed by atoms with van der Waals surface area (Å²) in [5.41, 5.74) is 3.96. The fraction of sp³-hybridized carbons (Fsp3) is 0.167. The van der Waals surface area contributed by atoms with E-state index in [0.29, 0.717) is 6.42 Å². The highest BCUT2D eigenvalue weighted by Crippen LogP contribution is 2.29. The van der Waals surface area contributed by atoms with Crippen LogP contribution in [0.5, 0.6) is 0 Å². The molecule has 0 fully saturated rings. The summed E-state index contributed by atoms with van der Waals surface area (Å²) in [6.07, 6.45) is 6.80. The van der Waals surface area contributed by atoms with Crippen LogP contribution >= 0.6 is 0 Å². The molecule has 0 spiro atoms. The lowest BCUT2D eigenvalue weighted by Crippen LogP contribution is -2.31. The van der Waals surface area contributed by atoms with E-state index in [1.165, 1.54) is 0 Å². The van der Waals surface area contributed by atoms with E-state index in [-0.39, 0.29) is 5.91 Å². The number of carbonyl (C=O) groups is 1. The van der Waals surface area contributed by atoms with E-state index in [4.69, 9.17) is 0 Å². The van der Waals surface area contributed by atoms with Gasteiger partial charge in [-0.25, -0.2) is 9.67 Å². The van der Waals surface area contributed by atoms with Gasteiger partial charge in [0.1, 0.15) is 5.82 Å². The Labute approximate surface area is 139 Å². The maximum Gasteiger partial charge on any atom is 0.227 e. The zero-order valence-corrected chi connectivity index (χ0v) is 13.3. The normalized spacial score (nSPS) is 13.7. The van der Waals surface area contributed by atoms with Gasteiger partial charge in [-0.2, -0.15) is 5.10 Å². The van der Waals surface area contributed by atoms with Gasteiger partial charge in [0, 0.05) is 43.8 Å². The second kappa shape index (κ2) is 5.81. The molecule has 0 saturated carbocycles. The number of carbonyl (C=O) groups excluding carboxylic acids is 1. The molecule has 1 aromatic carbocycles. The highest BCUT2D eigenvalue weighted by Gasteiger charge is 2.21. The molecule has 3 heterocycles. The number of nitrogens with zero attached hydrogens (tertiary/aromatic N) is 4. The first-order valence-corrected chi connectivity index (χ1v) is 7.83. The molecule has 2 aromatic heterocycles. The third-order valence-electron chi connectivity index (χ3n) is 4.21. The molecule has 1 aliphatic heterocycles. The SMILES string of the molecule is CN1C(=O)CCc2cnc(Nc3ccc(-n4cccn4)cc3)cc21. The van der Waals surface area contributed by atoms with Gasteiger partial charge in [-0.3, -0.25) is 4.79 Å². The van der Waals surface area contributed by atoms with Crippen molar-refractivity contribution >= 4 is 23.1 Å². The molecule has 0 saturated heterocycles. The van der Waals surface area contributed by atoms with Crippen molar-refractivity contribution in [3.05, 3.63) is 60.6 Å². The molecule has 1 N–H and O–H groups in total. The van der Waals surface area contributed by atoms with Gasteiger partial charge in [0.15, 0.2) is 0 Å². The maximum absolute atomic E-state index is 11.9. The number of anilines is 3. The van der Waals surface area contributed by atoms with E-state index in [9.17, 15) is 4.79 Å². The van der Waals surface area contributed by atoms with Gasteiger partial charge in [0.05, 0.1) is 11.4 Å². The Morgan fingerprint density at radius 3 is 2.75 bits per heavy atom. The zero-order chi connectivity index (χ0) is 16.5. The quantitative estimate of drug-likeness (QED) is 0.806. The standard InChI is InChI=1S/C18H17N5O/c1-22-16-11-17(19-12-13(16)3-8-18(22)24)21-14-4-6-15(7-5-14)23-10-2-9-20-23/h2,4-7,9-12H,3,8H2,1H3,(H,19,21). The van der Waals surface area contributed by atoms with E-state index < -0.39 is 0 Å². The van der Waals surface area contributed by atoms with E-state index in [1.54, 1.807) is 11.1 Å². The number of fused-ring (bicyclic) bond motifs is 1. The number of aryl methyl sites for hydroxylation is 1. The molecular weight excluding hydrogens is 302 g/mol. The summed E-state index contributed by atoms with van der Waals surface area (Å²) in [5.74, 6) is 0.866. The molecule has 0 bridgehead atoms. The summed E-state index contributed by atoms with van der Waals surface area (Å²) in [6, 6.07) is 11.8. The molecule has 0 atom stereocenters. The number of pyridine rings is 1. The van der Waals surface area contributed by atoms with Gasteiger partial charge in [-0.15, -0.1) is 0 Å². The summed E-state index contributed by atoms with van der Waals surface area (Å²) < 4.78 is 1.81. The largest absolute Gasteiger partial charge is 0.340 e. The maximum atomic E-state index is 11.9. The molecule has 1 aliphatic rings. The van der Waals surface area contributed by atoms with Gasteiger partial charge in [0.2, 0.25) is 5.91 Å². The van der Waals surface area contributed by atoms with Crippen molar-refractivity contribution in [2.75, 3.05) is 17.3 Å². The smallest absolute Gasteiger partial charge is 0.227 e. The summed E-state index contributed by atoms with van der Waals surface area (Å²) >= 11 is 0. The fourth-order valence-electron chi connectivity index (χ4n) is 2.86. The first-order valence-electron chi connectivity index (χ1n) is 7.83. The summed E-state index contributed by atoms with van der Waals surface area (Å²) in [6.45, 7) is 0. The predicted molar refractivity (Wildman–Crippen MR) is 92.8 cm³/mol. The van der Waals surface area contributed by atoms with Crippen molar-refractivity contribution in [3.8, 4) is 5.69 Å². The summed E-state index contributed by atoms with van der Waals surface area (Å²) in [7, 11) is 1.81. The van der Waals surface area contributed by atoms with E-state index in [0.717, 1.165) is 34.9 Å². The first kappa shape index (κ1) is 14.4. The van der Waals surface area contributed by atoms with Crippen LogP contribution in [0, 0.1) is 0 Å². The first-order chi connectivity index (χ1) is 11.7. The third kappa shape index (κ3) is 2.62. The van der Waals surface area contributed by atoms with E-state index in [1.807, 2.05) is 60.5 Å². The number of rotatable bonds is 3. The van der Waals surface area contributed by atoms with Crippen LogP contribution in [0.4, 0.5) is 17.2 Å². The van der Waals surface area contributed by atoms with Crippen LogP contribution in [0.25, 0.3) is 5.69 Å². The Kier molecular flexibility index (Phi) is 3.49. The minimum Gasteiger partial charge on any atom is -0.340 e. The second-order valence-corrected chi connectivity index (χ2v) is 5.77. The number of nitrogens with one attached hydrogen (secondary N) is 1. The highest BCUT2D eigenvalue weighted by molar-refractivity contribution is 5.96. The molecule has 0 aliphatic carbocycles. The number of benzene rings is 1. The van der Waals surface area contributed by atoms with Crippen molar-refractivity contribution in [2.45, 2.75) is 12.8 Å². The van der Waals surface area contributed by atoms with Crippen molar-refractivity contribution in [2.24, 2.45) is 0 Å². The van der Waals surface area contributed by atoms with Crippen LogP contribution in [-0.2, 0) is 11.2 Å². The summed E-state index contributed by atoms with van der Waals surface area (Å²) in [5, 5.41) is 7.49. The second-order valence-electron chi connectivity index (χ2n) is 5.77. The van der Waals surface area contributed by atoms with Crippen LogP contribution < -0.4 is 10.2 Å². The Hall–Kier alpha value is -3.15. The van der Waals surface area contributed by atoms with Crippen molar-refractivity contribution < 1.29 is 4.79 Å². The Morgan fingerprint density at radius 1 is 1.17 bits per heavy atom. The monoisotopic (exact) mass is 319 g/mol. The summed E-state index contributed by atoms with van der Waals surface area (Å²) in [4.78, 5) is 18.0. The lowest BCUT2D eigenvalue weighted by Gasteiger charge is -2.25. The third-order valence-corrected chi connectivity index (χ3v) is 4.21. The van der Waals surface area contributed by atoms with Crippen LogP contribution in [-0.4, -0.2) is 27.7 Å². The molecule has 1 amide bonds. The van der Waals surface area contributed by atoms with E-state index in [2.05, 4.69) is 15.4 Å². The van der Waals surface area contributed by atoms with E-state index >= 15 is 0 Å². The van der Waals surface area contributed by atoms with Gasteiger partial charge < -0.3 is 10.2 Å². The molecule has 24 heavy (non-hydrogen) atoms. The number of hydrogen-bond donors (Lipinski definition) is 1. The lowest BCUT2D eigenvalue weighted by atomic mass is 10.0. The molecular formula is C18H17N5O. The van der Waals surface area contributed by atoms with Crippen LogP contribution in [0.15, 0.2) is 55.0 Å². The van der Waals surface area contributed by atoms with Gasteiger partial charge in [-0.05, 0) is 42.3 Å². The Balaban J connectivity index is 1.56. The average molecular weight is 319 g/mol. The molecule has 0 radical (unpaired) electrons. The van der Waals surface area contributed by atoms with Crippen molar-refractivity contribution in [1.29, 1.82) is 0 Å². The lowest BCUT2D eigenvalue weighted by molar-refractivity contribution is -0.118. The molecule has 6 nitrogen and oxygen atoms in total. The highest BCUT2D eigenvalue weighted by atomic mass is 16.2. The number of amides is 1. The van der Waals surface area contributed by atoms with Crippen molar-refractivity contribution in [3.63, 3.8) is 0 Å². The van der Waals surface area contributed by atoms with Crippen LogP contribution in [0.2, 0.25) is 0 Å². The van der Waals surface area contributed by atoms with Gasteiger partial charge in [-0.1, -0.05) is 0 Å². The van der Waals surface area contributed by atoms with Crippen LogP contribution in [0.1, 0.15) is 12.0 Å².